The van der Waals surface area contributed by atoms with Gasteiger partial charge in [0.1, 0.15) is 0 Å². The van der Waals surface area contributed by atoms with E-state index in [1.165, 1.54) is 51.4 Å². The Kier molecular flexibility index (Phi) is 7.13. The monoisotopic (exact) mass is 210 g/mol. The first-order valence-corrected chi connectivity index (χ1v) is 7.36. The van der Waals surface area contributed by atoms with Crippen molar-refractivity contribution >= 4 is 0 Å². The van der Waals surface area contributed by atoms with Crippen molar-refractivity contribution in [1.29, 1.82) is 0 Å². The summed E-state index contributed by atoms with van der Waals surface area (Å²) in [5.74, 6) is 2.20. The van der Waals surface area contributed by atoms with Crippen LogP contribution in [0.4, 0.5) is 0 Å². The minimum Gasteiger partial charge on any atom is -0.0654 e. The summed E-state index contributed by atoms with van der Waals surface area (Å²) in [4.78, 5) is 0. The highest BCUT2D eigenvalue weighted by atomic mass is 14.3. The Morgan fingerprint density at radius 3 is 1.60 bits per heavy atom. The minimum atomic E-state index is 1.10. The lowest BCUT2D eigenvalue weighted by Gasteiger charge is -2.10. The van der Waals surface area contributed by atoms with E-state index in [-0.39, 0.29) is 0 Å². The summed E-state index contributed by atoms with van der Waals surface area (Å²) >= 11 is 0. The number of hydrogen-bond acceptors (Lipinski definition) is 0. The summed E-state index contributed by atoms with van der Waals surface area (Å²) in [6.45, 7) is 4.62. The average Bonchev–Trinajstić information content (AvgIpc) is 2.67. The molecular weight excluding hydrogens is 180 g/mol. The molecule has 1 aliphatic carbocycles. The van der Waals surface area contributed by atoms with Crippen LogP contribution in [0.2, 0.25) is 0 Å². The highest BCUT2D eigenvalue weighted by molar-refractivity contribution is 4.75. The quantitative estimate of drug-likeness (QED) is 0.460. The molecule has 15 heavy (non-hydrogen) atoms. The molecule has 0 spiro atoms. The lowest BCUT2D eigenvalue weighted by atomic mass is 9.95. The predicted molar refractivity (Wildman–Crippen MR) is 69.1 cm³/mol. The van der Waals surface area contributed by atoms with Crippen LogP contribution in [0.15, 0.2) is 0 Å². The van der Waals surface area contributed by atoms with Gasteiger partial charge >= 0.3 is 0 Å². The van der Waals surface area contributed by atoms with Gasteiger partial charge in [-0.3, -0.25) is 0 Å². The predicted octanol–water partition coefficient (Wildman–Crippen LogP) is 5.56. The van der Waals surface area contributed by atoms with Gasteiger partial charge in [-0.15, -0.1) is 0 Å². The van der Waals surface area contributed by atoms with Crippen molar-refractivity contribution in [2.45, 2.75) is 84.5 Å². The smallest absolute Gasteiger partial charge is 0.0412 e. The van der Waals surface area contributed by atoms with E-state index < -0.39 is 0 Å². The maximum absolute atomic E-state index is 2.31. The topological polar surface area (TPSA) is 0 Å². The van der Waals surface area contributed by atoms with Crippen LogP contribution in [0.25, 0.3) is 0 Å². The highest BCUT2D eigenvalue weighted by Crippen LogP contribution is 2.36. The molecule has 0 bridgehead atoms. The van der Waals surface area contributed by atoms with E-state index in [1.54, 1.807) is 19.3 Å². The Labute approximate surface area is 96.8 Å². The summed E-state index contributed by atoms with van der Waals surface area (Å²) in [6.07, 6.45) is 16.4. The van der Waals surface area contributed by atoms with E-state index in [1.807, 2.05) is 0 Å². The lowest BCUT2D eigenvalue weighted by molar-refractivity contribution is 0.420. The van der Waals surface area contributed by atoms with Crippen molar-refractivity contribution in [1.82, 2.24) is 0 Å². The van der Waals surface area contributed by atoms with Crippen molar-refractivity contribution in [3.8, 4) is 0 Å². The van der Waals surface area contributed by atoms with Crippen LogP contribution in [0.5, 0.6) is 0 Å². The van der Waals surface area contributed by atoms with Gasteiger partial charge in [0.25, 0.3) is 0 Å². The van der Waals surface area contributed by atoms with Crippen LogP contribution < -0.4 is 0 Å². The molecule has 90 valence electrons. The molecule has 0 amide bonds. The molecule has 0 N–H and O–H groups in total. The van der Waals surface area contributed by atoms with Crippen molar-refractivity contribution in [3.05, 3.63) is 0 Å². The van der Waals surface area contributed by atoms with E-state index in [0.29, 0.717) is 0 Å². The van der Waals surface area contributed by atoms with Crippen LogP contribution in [0.3, 0.4) is 0 Å². The molecular formula is C15H30. The lowest BCUT2D eigenvalue weighted by Crippen LogP contribution is -1.97. The second-order valence-corrected chi connectivity index (χ2v) is 5.54. The van der Waals surface area contributed by atoms with E-state index in [2.05, 4.69) is 13.8 Å². The summed E-state index contributed by atoms with van der Waals surface area (Å²) in [6, 6.07) is 0. The Balaban J connectivity index is 1.99. The van der Waals surface area contributed by atoms with Crippen molar-refractivity contribution in [2.75, 3.05) is 0 Å². The fourth-order valence-electron chi connectivity index (χ4n) is 3.07. The Morgan fingerprint density at radius 2 is 1.20 bits per heavy atom. The molecule has 0 aromatic rings. The number of unbranched alkanes of at least 4 members (excludes halogenated alkanes) is 4. The molecule has 2 atom stereocenters. The molecule has 0 radical (unpaired) electrons. The van der Waals surface area contributed by atoms with Gasteiger partial charge in [-0.05, 0) is 18.3 Å². The molecule has 0 saturated heterocycles. The van der Waals surface area contributed by atoms with Gasteiger partial charge < -0.3 is 0 Å². The average molecular weight is 210 g/mol. The Hall–Kier alpha value is 0. The van der Waals surface area contributed by atoms with Crippen molar-refractivity contribution in [2.24, 2.45) is 11.8 Å². The zero-order valence-electron chi connectivity index (χ0n) is 10.9. The summed E-state index contributed by atoms with van der Waals surface area (Å²) in [7, 11) is 0. The molecule has 0 aromatic heterocycles. The second kappa shape index (κ2) is 8.19. The molecule has 0 heteroatoms. The third kappa shape index (κ3) is 5.58. The van der Waals surface area contributed by atoms with Crippen LogP contribution in [0, 0.1) is 11.8 Å². The molecule has 0 aromatic carbocycles. The molecule has 1 rings (SSSR count). The molecule has 1 fully saturated rings. The third-order valence-corrected chi connectivity index (χ3v) is 4.08. The van der Waals surface area contributed by atoms with Gasteiger partial charge in [-0.1, -0.05) is 78.1 Å². The first-order chi connectivity index (χ1) is 7.36. The number of hydrogen-bond donors (Lipinski definition) is 0. The first-order valence-electron chi connectivity index (χ1n) is 7.36. The molecule has 1 saturated carbocycles. The second-order valence-electron chi connectivity index (χ2n) is 5.54. The first kappa shape index (κ1) is 13.1. The Bertz CT molecular complexity index is 123. The van der Waals surface area contributed by atoms with Crippen LogP contribution >= 0.6 is 0 Å². The zero-order valence-corrected chi connectivity index (χ0v) is 10.9. The van der Waals surface area contributed by atoms with Gasteiger partial charge in [0.15, 0.2) is 0 Å². The molecule has 2 unspecified atom stereocenters. The molecule has 0 heterocycles. The van der Waals surface area contributed by atoms with Crippen LogP contribution in [-0.2, 0) is 0 Å². The molecule has 1 aliphatic rings. The van der Waals surface area contributed by atoms with E-state index >= 15 is 0 Å². The van der Waals surface area contributed by atoms with Gasteiger partial charge in [-0.25, -0.2) is 0 Å². The van der Waals surface area contributed by atoms with Gasteiger partial charge in [0.2, 0.25) is 0 Å². The van der Waals surface area contributed by atoms with Crippen molar-refractivity contribution in [3.63, 3.8) is 0 Å². The standard InChI is InChI=1S/C15H30/c1-3-5-7-9-14-11-12-15(13-14)10-8-6-4-2/h14-15H,3-13H2,1-2H3. The van der Waals surface area contributed by atoms with E-state index in [0.717, 1.165) is 11.8 Å². The van der Waals surface area contributed by atoms with Crippen LogP contribution in [0.1, 0.15) is 84.5 Å². The highest BCUT2D eigenvalue weighted by Gasteiger charge is 2.23. The van der Waals surface area contributed by atoms with E-state index in [9.17, 15) is 0 Å². The van der Waals surface area contributed by atoms with Gasteiger partial charge in [-0.2, -0.15) is 0 Å². The fourth-order valence-corrected chi connectivity index (χ4v) is 3.07. The maximum atomic E-state index is 2.31. The van der Waals surface area contributed by atoms with E-state index in [4.69, 9.17) is 0 Å². The molecule has 0 aliphatic heterocycles. The van der Waals surface area contributed by atoms with Crippen LogP contribution in [-0.4, -0.2) is 0 Å². The van der Waals surface area contributed by atoms with Crippen molar-refractivity contribution < 1.29 is 0 Å². The summed E-state index contributed by atoms with van der Waals surface area (Å²) < 4.78 is 0. The maximum Gasteiger partial charge on any atom is -0.0412 e. The Morgan fingerprint density at radius 1 is 0.733 bits per heavy atom. The summed E-state index contributed by atoms with van der Waals surface area (Å²) in [5, 5.41) is 0. The zero-order chi connectivity index (χ0) is 10.9. The SMILES string of the molecule is CCCCCC1CCC(CCCCC)C1. The summed E-state index contributed by atoms with van der Waals surface area (Å²) in [5.41, 5.74) is 0. The normalized spacial score (nSPS) is 26.0. The van der Waals surface area contributed by atoms with Gasteiger partial charge in [0.05, 0.1) is 0 Å². The molecule has 0 nitrogen and oxygen atoms in total. The van der Waals surface area contributed by atoms with Gasteiger partial charge in [0, 0.05) is 0 Å². The minimum absolute atomic E-state index is 1.10. The largest absolute Gasteiger partial charge is 0.0654 e. The number of rotatable bonds is 8. The third-order valence-electron chi connectivity index (χ3n) is 4.08. The fraction of sp³-hybridized carbons (Fsp3) is 1.00.